The maximum atomic E-state index is 14.4. The molecule has 4 rings (SSSR count). The van der Waals surface area contributed by atoms with Crippen molar-refractivity contribution in [3.05, 3.63) is 69.1 Å². The molecule has 2 aromatic carbocycles. The van der Waals surface area contributed by atoms with E-state index < -0.39 is 23.7 Å². The average Bonchev–Trinajstić information content (AvgIpc) is 3.00. The summed E-state index contributed by atoms with van der Waals surface area (Å²) in [6.07, 6.45) is -0.415. The van der Waals surface area contributed by atoms with Gasteiger partial charge < -0.3 is 19.7 Å². The lowest BCUT2D eigenvalue weighted by Gasteiger charge is -2.42. The average molecular weight is 451 g/mol. The molecular weight excluding hydrogens is 434 g/mol. The van der Waals surface area contributed by atoms with Crippen molar-refractivity contribution in [2.45, 2.75) is 12.0 Å². The second-order valence-electron chi connectivity index (χ2n) is 7.29. The van der Waals surface area contributed by atoms with Crippen molar-refractivity contribution in [2.24, 2.45) is 7.05 Å². The Bertz CT molecular complexity index is 1190. The second kappa shape index (κ2) is 7.58. The molecule has 0 bridgehead atoms. The molecule has 0 unspecified atom stereocenters. The minimum atomic E-state index is -1.12. The molecule has 0 radical (unpaired) electrons. The van der Waals surface area contributed by atoms with Crippen LogP contribution in [0, 0.1) is 5.82 Å². The van der Waals surface area contributed by atoms with Crippen LogP contribution in [-0.4, -0.2) is 34.8 Å². The van der Waals surface area contributed by atoms with Gasteiger partial charge in [-0.2, -0.15) is 0 Å². The summed E-state index contributed by atoms with van der Waals surface area (Å²) in [4.78, 5) is 23.9. The number of aliphatic carboxylic acids is 1. The number of ether oxygens (including phenoxy) is 1. The van der Waals surface area contributed by atoms with Crippen LogP contribution in [0.2, 0.25) is 10.0 Å². The van der Waals surface area contributed by atoms with Crippen LogP contribution in [-0.2, 0) is 28.5 Å². The Morgan fingerprint density at radius 3 is 2.57 bits per heavy atom. The third-order valence-electron chi connectivity index (χ3n) is 5.34. The second-order valence-corrected chi connectivity index (χ2v) is 8.07. The zero-order valence-electron chi connectivity index (χ0n) is 15.8. The molecule has 1 aliphatic heterocycles. The Morgan fingerprint density at radius 2 is 1.97 bits per heavy atom. The highest BCUT2D eigenvalue weighted by atomic mass is 35.5. The van der Waals surface area contributed by atoms with Crippen molar-refractivity contribution in [3.63, 3.8) is 0 Å². The van der Waals surface area contributed by atoms with Gasteiger partial charge in [-0.3, -0.25) is 9.59 Å². The number of nitrogens with zero attached hydrogens (tertiary/aromatic N) is 1. The molecule has 0 atom stereocenters. The fraction of sp³-hybridized carbons (Fsp3) is 0.238. The Labute approximate surface area is 181 Å². The summed E-state index contributed by atoms with van der Waals surface area (Å²) in [5, 5.41) is 13.2. The number of fused-ring (bicyclic) bond motifs is 1. The number of hydrogen-bond donors (Lipinski definition) is 2. The third-order valence-corrected chi connectivity index (χ3v) is 6.16. The number of carboxylic acid groups (broad SMARTS) is 1. The number of rotatable bonds is 5. The van der Waals surface area contributed by atoms with Gasteiger partial charge in [-0.25, -0.2) is 4.39 Å². The van der Waals surface area contributed by atoms with Crippen LogP contribution in [0.1, 0.15) is 21.6 Å². The van der Waals surface area contributed by atoms with Gasteiger partial charge >= 0.3 is 5.97 Å². The summed E-state index contributed by atoms with van der Waals surface area (Å²) in [6.45, 7) is 0.347. The van der Waals surface area contributed by atoms with E-state index in [9.17, 15) is 14.0 Å². The SMILES string of the molecule is Cn1c(C(=O)NC2(c3ccc(CC(=O)O)c(F)c3)COC2)cc2c(Cl)c(Cl)ccc21. The van der Waals surface area contributed by atoms with Crippen LogP contribution >= 0.6 is 23.2 Å². The van der Waals surface area contributed by atoms with Gasteiger partial charge in [0.2, 0.25) is 0 Å². The van der Waals surface area contributed by atoms with E-state index in [-0.39, 0.29) is 24.7 Å². The van der Waals surface area contributed by atoms with Gasteiger partial charge in [0.1, 0.15) is 17.1 Å². The van der Waals surface area contributed by atoms with Gasteiger partial charge in [0.15, 0.2) is 0 Å². The predicted octanol–water partition coefficient (Wildman–Crippen LogP) is 3.91. The van der Waals surface area contributed by atoms with Gasteiger partial charge in [0.05, 0.1) is 29.7 Å². The summed E-state index contributed by atoms with van der Waals surface area (Å²) in [7, 11) is 1.74. The number of hydrogen-bond acceptors (Lipinski definition) is 3. The molecule has 0 spiro atoms. The van der Waals surface area contributed by atoms with Crippen LogP contribution < -0.4 is 5.32 Å². The number of carbonyl (C=O) groups is 2. The molecule has 1 aromatic heterocycles. The van der Waals surface area contributed by atoms with Crippen molar-refractivity contribution >= 4 is 46.0 Å². The van der Waals surface area contributed by atoms with Crippen molar-refractivity contribution in [1.82, 2.24) is 9.88 Å². The molecule has 1 saturated heterocycles. The first-order valence-corrected chi connectivity index (χ1v) is 9.82. The highest BCUT2D eigenvalue weighted by molar-refractivity contribution is 6.45. The minimum Gasteiger partial charge on any atom is -0.481 e. The zero-order valence-corrected chi connectivity index (χ0v) is 17.4. The van der Waals surface area contributed by atoms with E-state index >= 15 is 0 Å². The van der Waals surface area contributed by atoms with Crippen LogP contribution in [0.25, 0.3) is 10.9 Å². The van der Waals surface area contributed by atoms with E-state index in [0.717, 1.165) is 5.52 Å². The fourth-order valence-electron chi connectivity index (χ4n) is 3.62. The Morgan fingerprint density at radius 1 is 1.23 bits per heavy atom. The first-order chi connectivity index (χ1) is 14.2. The standard InChI is InChI=1S/C21H17Cl2FN2O4/c1-26-16-5-4-14(22)19(23)13(16)8-17(26)20(29)25-21(9-30-10-21)12-3-2-11(6-18(27)28)15(24)7-12/h2-5,7-8H,6,9-10H2,1H3,(H,25,29)(H,27,28). The van der Waals surface area contributed by atoms with Crippen molar-refractivity contribution in [1.29, 1.82) is 0 Å². The van der Waals surface area contributed by atoms with Crippen molar-refractivity contribution < 1.29 is 23.8 Å². The molecule has 0 saturated carbocycles. The van der Waals surface area contributed by atoms with Crippen LogP contribution in [0.15, 0.2) is 36.4 Å². The number of benzene rings is 2. The van der Waals surface area contributed by atoms with Gasteiger partial charge in [-0.1, -0.05) is 35.3 Å². The van der Waals surface area contributed by atoms with E-state index in [0.29, 0.717) is 26.7 Å². The summed E-state index contributed by atoms with van der Waals surface area (Å²) >= 11 is 12.3. The Kier molecular flexibility index (Phi) is 5.22. The van der Waals surface area contributed by atoms with E-state index in [4.69, 9.17) is 33.0 Å². The summed E-state index contributed by atoms with van der Waals surface area (Å²) in [5.41, 5.74) is 0.792. The van der Waals surface area contributed by atoms with Gasteiger partial charge in [-0.15, -0.1) is 0 Å². The molecule has 156 valence electrons. The molecule has 1 fully saturated rings. The number of carbonyl (C=O) groups excluding carboxylic acids is 1. The first-order valence-electron chi connectivity index (χ1n) is 9.06. The maximum absolute atomic E-state index is 14.4. The molecule has 30 heavy (non-hydrogen) atoms. The van der Waals surface area contributed by atoms with E-state index in [1.807, 2.05) is 0 Å². The number of halogens is 3. The molecule has 2 N–H and O–H groups in total. The van der Waals surface area contributed by atoms with Gasteiger partial charge in [0, 0.05) is 18.0 Å². The lowest BCUT2D eigenvalue weighted by atomic mass is 9.86. The molecule has 6 nitrogen and oxygen atoms in total. The topological polar surface area (TPSA) is 80.6 Å². The normalized spacial score (nSPS) is 15.1. The van der Waals surface area contributed by atoms with Crippen molar-refractivity contribution in [2.75, 3.05) is 13.2 Å². The number of nitrogens with one attached hydrogen (secondary N) is 1. The zero-order chi connectivity index (χ0) is 21.6. The van der Waals surface area contributed by atoms with Crippen LogP contribution in [0.5, 0.6) is 0 Å². The largest absolute Gasteiger partial charge is 0.481 e. The monoisotopic (exact) mass is 450 g/mol. The van der Waals surface area contributed by atoms with E-state index in [1.165, 1.54) is 12.1 Å². The fourth-order valence-corrected chi connectivity index (χ4v) is 4.00. The molecule has 9 heteroatoms. The highest BCUT2D eigenvalue weighted by Gasteiger charge is 2.42. The number of carboxylic acids is 1. The first kappa shape index (κ1) is 20.7. The summed E-state index contributed by atoms with van der Waals surface area (Å²) in [6, 6.07) is 9.38. The number of amides is 1. The summed E-state index contributed by atoms with van der Waals surface area (Å²) in [5.74, 6) is -2.13. The minimum absolute atomic E-state index is 0.0770. The smallest absolute Gasteiger partial charge is 0.307 e. The van der Waals surface area contributed by atoms with Crippen LogP contribution in [0.4, 0.5) is 4.39 Å². The summed E-state index contributed by atoms with van der Waals surface area (Å²) < 4.78 is 21.4. The van der Waals surface area contributed by atoms with Crippen LogP contribution in [0.3, 0.4) is 0 Å². The van der Waals surface area contributed by atoms with Gasteiger partial charge in [0.25, 0.3) is 5.91 Å². The van der Waals surface area contributed by atoms with Gasteiger partial charge in [-0.05, 0) is 35.4 Å². The lowest BCUT2D eigenvalue weighted by molar-refractivity contribution is -0.136. The van der Waals surface area contributed by atoms with E-state index in [2.05, 4.69) is 5.32 Å². The van der Waals surface area contributed by atoms with Crippen molar-refractivity contribution in [3.8, 4) is 0 Å². The Balaban J connectivity index is 1.66. The number of aryl methyl sites for hydroxylation is 1. The van der Waals surface area contributed by atoms with E-state index in [1.54, 1.807) is 35.9 Å². The number of aromatic nitrogens is 1. The maximum Gasteiger partial charge on any atom is 0.307 e. The quantitative estimate of drug-likeness (QED) is 0.617. The molecule has 1 amide bonds. The predicted molar refractivity (Wildman–Crippen MR) is 111 cm³/mol. The molecule has 0 aliphatic carbocycles. The molecule has 1 aliphatic rings. The Hall–Kier alpha value is -2.61. The molecule has 2 heterocycles. The highest BCUT2D eigenvalue weighted by Crippen LogP contribution is 2.34. The third kappa shape index (κ3) is 3.43. The molecular formula is C21H17Cl2FN2O4. The lowest BCUT2D eigenvalue weighted by Crippen LogP contribution is -2.59. The molecule has 3 aromatic rings.